The van der Waals surface area contributed by atoms with Crippen molar-refractivity contribution in [2.24, 2.45) is 0 Å². The van der Waals surface area contributed by atoms with Crippen LogP contribution in [0.25, 0.3) is 4.96 Å². The van der Waals surface area contributed by atoms with Crippen LogP contribution >= 0.6 is 11.3 Å². The second-order valence-electron chi connectivity index (χ2n) is 5.50. The van der Waals surface area contributed by atoms with Gasteiger partial charge in [-0.25, -0.2) is 8.42 Å². The third-order valence-electron chi connectivity index (χ3n) is 3.77. The van der Waals surface area contributed by atoms with Crippen molar-refractivity contribution in [3.8, 4) is 0 Å². The van der Waals surface area contributed by atoms with Crippen LogP contribution in [0, 0.1) is 0 Å². The SMILES string of the molecule is O=S1(=O)CCC(NCc2nn3c(C4CC4)nnc3s2)C1. The molecule has 2 aromatic rings. The summed E-state index contributed by atoms with van der Waals surface area (Å²) in [5, 5.41) is 17.1. The summed E-state index contributed by atoms with van der Waals surface area (Å²) in [4.78, 5) is 0.822. The maximum Gasteiger partial charge on any atom is 0.234 e. The van der Waals surface area contributed by atoms with Gasteiger partial charge in [0.05, 0.1) is 11.5 Å². The van der Waals surface area contributed by atoms with Crippen LogP contribution in [0.2, 0.25) is 0 Å². The number of sulfone groups is 1. The molecule has 2 aromatic heterocycles. The minimum Gasteiger partial charge on any atom is -0.307 e. The van der Waals surface area contributed by atoms with E-state index in [0.29, 0.717) is 24.6 Å². The molecule has 1 N–H and O–H groups in total. The molecule has 1 aliphatic carbocycles. The first-order valence-electron chi connectivity index (χ1n) is 6.75. The molecule has 0 aromatic carbocycles. The molecule has 1 unspecified atom stereocenters. The molecule has 108 valence electrons. The average molecular weight is 313 g/mol. The first-order valence-corrected chi connectivity index (χ1v) is 9.39. The molecule has 1 saturated heterocycles. The van der Waals surface area contributed by atoms with Crippen LogP contribution in [-0.2, 0) is 16.4 Å². The van der Waals surface area contributed by atoms with Crippen molar-refractivity contribution in [3.63, 3.8) is 0 Å². The second-order valence-corrected chi connectivity index (χ2v) is 8.77. The third-order valence-corrected chi connectivity index (χ3v) is 6.44. The van der Waals surface area contributed by atoms with Crippen LogP contribution in [0.15, 0.2) is 0 Å². The monoisotopic (exact) mass is 313 g/mol. The zero-order valence-electron chi connectivity index (χ0n) is 10.8. The van der Waals surface area contributed by atoms with Crippen LogP contribution < -0.4 is 5.32 Å². The van der Waals surface area contributed by atoms with Gasteiger partial charge in [-0.3, -0.25) is 0 Å². The topological polar surface area (TPSA) is 89.2 Å². The number of nitrogens with one attached hydrogen (secondary N) is 1. The third kappa shape index (κ3) is 2.33. The van der Waals surface area contributed by atoms with Gasteiger partial charge in [0.1, 0.15) is 5.01 Å². The van der Waals surface area contributed by atoms with E-state index in [1.54, 1.807) is 0 Å². The van der Waals surface area contributed by atoms with Crippen LogP contribution in [0.3, 0.4) is 0 Å². The highest BCUT2D eigenvalue weighted by Gasteiger charge is 2.30. The summed E-state index contributed by atoms with van der Waals surface area (Å²) in [5.74, 6) is 2.02. The van der Waals surface area contributed by atoms with Gasteiger partial charge in [-0.1, -0.05) is 11.3 Å². The highest BCUT2D eigenvalue weighted by Crippen LogP contribution is 2.39. The number of hydrogen-bond acceptors (Lipinski definition) is 7. The largest absolute Gasteiger partial charge is 0.307 e. The molecular formula is C11H15N5O2S2. The molecule has 1 aliphatic heterocycles. The quantitative estimate of drug-likeness (QED) is 0.875. The summed E-state index contributed by atoms with van der Waals surface area (Å²) < 4.78 is 24.6. The zero-order chi connectivity index (χ0) is 13.7. The molecule has 0 amide bonds. The van der Waals surface area contributed by atoms with Crippen molar-refractivity contribution in [3.05, 3.63) is 10.8 Å². The smallest absolute Gasteiger partial charge is 0.234 e. The Bertz CT molecular complexity index is 746. The van der Waals surface area contributed by atoms with Crippen LogP contribution in [0.4, 0.5) is 0 Å². The Kier molecular flexibility index (Phi) is 2.83. The minimum atomic E-state index is -2.83. The van der Waals surface area contributed by atoms with E-state index in [2.05, 4.69) is 20.6 Å². The molecular weight excluding hydrogens is 298 g/mol. The van der Waals surface area contributed by atoms with E-state index in [9.17, 15) is 8.42 Å². The van der Waals surface area contributed by atoms with Crippen LogP contribution in [0.5, 0.6) is 0 Å². The lowest BCUT2D eigenvalue weighted by Gasteiger charge is -2.07. The molecule has 4 rings (SSSR count). The molecule has 0 spiro atoms. The molecule has 2 aliphatic rings. The number of hydrogen-bond donors (Lipinski definition) is 1. The van der Waals surface area contributed by atoms with Crippen molar-refractivity contribution in [1.29, 1.82) is 0 Å². The minimum absolute atomic E-state index is 0.0530. The van der Waals surface area contributed by atoms with Gasteiger partial charge >= 0.3 is 0 Å². The molecule has 7 nitrogen and oxygen atoms in total. The van der Waals surface area contributed by atoms with E-state index >= 15 is 0 Å². The highest BCUT2D eigenvalue weighted by molar-refractivity contribution is 7.91. The lowest BCUT2D eigenvalue weighted by molar-refractivity contribution is 0.549. The Morgan fingerprint density at radius 2 is 2.15 bits per heavy atom. The molecule has 3 heterocycles. The summed E-state index contributed by atoms with van der Waals surface area (Å²) in [5.41, 5.74) is 0. The predicted molar refractivity (Wildman–Crippen MR) is 74.5 cm³/mol. The van der Waals surface area contributed by atoms with Crippen molar-refractivity contribution < 1.29 is 8.42 Å². The lowest BCUT2D eigenvalue weighted by atomic mass is 10.3. The fourth-order valence-corrected chi connectivity index (χ4v) is 5.03. The van der Waals surface area contributed by atoms with Gasteiger partial charge in [0.25, 0.3) is 0 Å². The Balaban J connectivity index is 1.46. The summed E-state index contributed by atoms with van der Waals surface area (Å²) in [6.45, 7) is 0.596. The molecule has 0 radical (unpaired) electrons. The van der Waals surface area contributed by atoms with Gasteiger partial charge in [-0.05, 0) is 19.3 Å². The summed E-state index contributed by atoms with van der Waals surface area (Å²) in [6.07, 6.45) is 3.04. The first kappa shape index (κ1) is 12.7. The second kappa shape index (κ2) is 4.47. The normalized spacial score (nSPS) is 25.5. The van der Waals surface area contributed by atoms with E-state index in [4.69, 9.17) is 0 Å². The van der Waals surface area contributed by atoms with Crippen molar-refractivity contribution >= 4 is 26.1 Å². The van der Waals surface area contributed by atoms with Crippen molar-refractivity contribution in [2.75, 3.05) is 11.5 Å². The summed E-state index contributed by atoms with van der Waals surface area (Å²) >= 11 is 1.51. The highest BCUT2D eigenvalue weighted by atomic mass is 32.2. The van der Waals surface area contributed by atoms with Crippen molar-refractivity contribution in [2.45, 2.75) is 37.8 Å². The molecule has 2 fully saturated rings. The predicted octanol–water partition coefficient (Wildman–Crippen LogP) is 0.340. The Labute approximate surface area is 120 Å². The fraction of sp³-hybridized carbons (Fsp3) is 0.727. The Morgan fingerprint density at radius 1 is 1.30 bits per heavy atom. The molecule has 1 atom stereocenters. The van der Waals surface area contributed by atoms with Crippen molar-refractivity contribution in [1.82, 2.24) is 25.1 Å². The summed E-state index contributed by atoms with van der Waals surface area (Å²) in [6, 6.07) is 0.0530. The molecule has 20 heavy (non-hydrogen) atoms. The zero-order valence-corrected chi connectivity index (χ0v) is 12.5. The first-order chi connectivity index (χ1) is 9.61. The van der Waals surface area contributed by atoms with Gasteiger partial charge in [-0.2, -0.15) is 9.61 Å². The van der Waals surface area contributed by atoms with Gasteiger partial charge in [-0.15, -0.1) is 10.2 Å². The van der Waals surface area contributed by atoms with E-state index in [1.807, 2.05) is 4.52 Å². The molecule has 9 heteroatoms. The fourth-order valence-electron chi connectivity index (χ4n) is 2.53. The number of nitrogens with zero attached hydrogens (tertiary/aromatic N) is 4. The van der Waals surface area contributed by atoms with Gasteiger partial charge in [0.2, 0.25) is 4.96 Å². The van der Waals surface area contributed by atoms with Gasteiger partial charge in [0, 0.05) is 18.5 Å². The number of aromatic nitrogens is 4. The van der Waals surface area contributed by atoms with Crippen LogP contribution in [0.1, 0.15) is 36.0 Å². The Morgan fingerprint density at radius 3 is 2.85 bits per heavy atom. The maximum absolute atomic E-state index is 11.4. The average Bonchev–Trinajstić information content (AvgIpc) is 2.89. The van der Waals surface area contributed by atoms with Crippen LogP contribution in [-0.4, -0.2) is 45.8 Å². The van der Waals surface area contributed by atoms with Gasteiger partial charge in [0.15, 0.2) is 15.7 Å². The van der Waals surface area contributed by atoms with Gasteiger partial charge < -0.3 is 5.32 Å². The summed E-state index contributed by atoms with van der Waals surface area (Å²) in [7, 11) is -2.83. The molecule has 1 saturated carbocycles. The molecule has 0 bridgehead atoms. The standard InChI is InChI=1S/C11H15N5O2S2/c17-20(18)4-3-8(6-20)12-5-9-15-16-10(7-1-2-7)13-14-11(16)19-9/h7-8,12H,1-6H2. The van der Waals surface area contributed by atoms with E-state index in [1.165, 1.54) is 24.2 Å². The number of fused-ring (bicyclic) bond motifs is 1. The van der Waals surface area contributed by atoms with E-state index in [-0.39, 0.29) is 11.8 Å². The lowest BCUT2D eigenvalue weighted by Crippen LogP contribution is -2.29. The Hall–Kier alpha value is -1.06. The van der Waals surface area contributed by atoms with E-state index < -0.39 is 9.84 Å². The number of rotatable bonds is 4. The maximum atomic E-state index is 11.4. The van der Waals surface area contributed by atoms with E-state index in [0.717, 1.165) is 15.8 Å².